The fourth-order valence-electron chi connectivity index (χ4n) is 2.74. The van der Waals surface area contributed by atoms with Crippen molar-refractivity contribution >= 4 is 48.0 Å². The van der Waals surface area contributed by atoms with Crippen molar-refractivity contribution in [3.05, 3.63) is 54.1 Å². The molecule has 0 radical (unpaired) electrons. The lowest BCUT2D eigenvalue weighted by Crippen LogP contribution is -2.09. The number of phenols is 1. The molecule has 3 N–H and O–H groups in total. The Kier molecular flexibility index (Phi) is 5.30. The maximum Gasteiger partial charge on any atom is 0.294 e. The first kappa shape index (κ1) is 20.7. The van der Waals surface area contributed by atoms with E-state index >= 15 is 0 Å². The van der Waals surface area contributed by atoms with E-state index in [1.807, 2.05) is 0 Å². The molecule has 0 heterocycles. The van der Waals surface area contributed by atoms with Crippen LogP contribution in [0, 0.1) is 6.92 Å². The van der Waals surface area contributed by atoms with Crippen LogP contribution in [-0.2, 0) is 20.1 Å². The summed E-state index contributed by atoms with van der Waals surface area (Å²) in [6.45, 7) is 1.67. The second kappa shape index (κ2) is 7.43. The fraction of sp³-hybridized carbons (Fsp3) is 0.111. The first-order chi connectivity index (χ1) is 13.5. The van der Waals surface area contributed by atoms with Gasteiger partial charge in [0.2, 0.25) is 10.0 Å². The van der Waals surface area contributed by atoms with Gasteiger partial charge in [0.05, 0.1) is 28.2 Å². The SMILES string of the molecule is Cc1cc(N=Nc2ccc(S(=O)(=O)O)cc2)c2c(NS(C)(=O)=O)cccc2c1O. The molecule has 3 rings (SSSR count). The lowest BCUT2D eigenvalue weighted by Gasteiger charge is -2.12. The lowest BCUT2D eigenvalue weighted by molar-refractivity contribution is 0.477. The average Bonchev–Trinajstić information content (AvgIpc) is 2.62. The van der Waals surface area contributed by atoms with Crippen molar-refractivity contribution in [2.45, 2.75) is 11.8 Å². The molecule has 0 spiro atoms. The highest BCUT2D eigenvalue weighted by molar-refractivity contribution is 7.92. The zero-order chi connectivity index (χ0) is 21.4. The number of benzene rings is 3. The Morgan fingerprint density at radius 2 is 1.62 bits per heavy atom. The van der Waals surface area contributed by atoms with Gasteiger partial charge < -0.3 is 5.11 Å². The summed E-state index contributed by atoms with van der Waals surface area (Å²) in [6, 6.07) is 11.4. The molecule has 0 aliphatic heterocycles. The topological polar surface area (TPSA) is 145 Å². The lowest BCUT2D eigenvalue weighted by atomic mass is 10.0. The molecule has 29 heavy (non-hydrogen) atoms. The molecule has 9 nitrogen and oxygen atoms in total. The predicted molar refractivity (Wildman–Crippen MR) is 109 cm³/mol. The molecule has 0 bridgehead atoms. The van der Waals surface area contributed by atoms with Gasteiger partial charge in [-0.05, 0) is 48.9 Å². The van der Waals surface area contributed by atoms with E-state index in [-0.39, 0.29) is 16.3 Å². The average molecular weight is 435 g/mol. The van der Waals surface area contributed by atoms with Crippen LogP contribution in [0.1, 0.15) is 5.56 Å². The van der Waals surface area contributed by atoms with Gasteiger partial charge in [0, 0.05) is 10.8 Å². The third-order valence-corrected chi connectivity index (χ3v) is 5.46. The van der Waals surface area contributed by atoms with E-state index in [4.69, 9.17) is 4.55 Å². The zero-order valence-electron chi connectivity index (χ0n) is 15.4. The Morgan fingerprint density at radius 3 is 2.21 bits per heavy atom. The second-order valence-corrected chi connectivity index (χ2v) is 9.50. The number of rotatable bonds is 5. The quantitative estimate of drug-likeness (QED) is 0.409. The molecule has 0 aliphatic rings. The van der Waals surface area contributed by atoms with E-state index in [1.54, 1.807) is 25.1 Å². The summed E-state index contributed by atoms with van der Waals surface area (Å²) in [7, 11) is -7.89. The smallest absolute Gasteiger partial charge is 0.294 e. The molecule has 0 unspecified atom stereocenters. The molecule has 0 aromatic heterocycles. The van der Waals surface area contributed by atoms with Gasteiger partial charge in [-0.3, -0.25) is 9.27 Å². The van der Waals surface area contributed by atoms with Crippen molar-refractivity contribution in [2.75, 3.05) is 11.0 Å². The zero-order valence-corrected chi connectivity index (χ0v) is 17.0. The Bertz CT molecular complexity index is 1330. The summed E-state index contributed by atoms with van der Waals surface area (Å²) >= 11 is 0. The first-order valence-corrected chi connectivity index (χ1v) is 11.5. The Balaban J connectivity index is 2.13. The van der Waals surface area contributed by atoms with Gasteiger partial charge in [0.25, 0.3) is 10.1 Å². The minimum absolute atomic E-state index is 0.00592. The van der Waals surface area contributed by atoms with Crippen LogP contribution in [0.3, 0.4) is 0 Å². The van der Waals surface area contributed by atoms with E-state index in [2.05, 4.69) is 15.0 Å². The number of anilines is 1. The van der Waals surface area contributed by atoms with Gasteiger partial charge in [0.15, 0.2) is 0 Å². The van der Waals surface area contributed by atoms with Crippen molar-refractivity contribution in [2.24, 2.45) is 10.2 Å². The molecule has 0 saturated heterocycles. The van der Waals surface area contributed by atoms with Crippen molar-refractivity contribution in [1.29, 1.82) is 0 Å². The Morgan fingerprint density at radius 1 is 0.966 bits per heavy atom. The van der Waals surface area contributed by atoms with Crippen molar-refractivity contribution in [1.82, 2.24) is 0 Å². The standard InChI is InChI=1S/C18H17N3O6S2/c1-11-10-16(20-19-12-6-8-13(9-7-12)29(25,26)27)17-14(18(11)22)4-3-5-15(17)21-28(2,23)24/h3-10,21-22H,1-2H3,(H,25,26,27). The summed E-state index contributed by atoms with van der Waals surface area (Å²) in [5.74, 6) is -0.00592. The number of nitrogens with one attached hydrogen (secondary N) is 1. The van der Waals surface area contributed by atoms with Gasteiger partial charge in [0.1, 0.15) is 5.75 Å². The van der Waals surface area contributed by atoms with Crippen LogP contribution in [0.2, 0.25) is 0 Å². The van der Waals surface area contributed by atoms with Crippen LogP contribution in [0.25, 0.3) is 10.8 Å². The van der Waals surface area contributed by atoms with Gasteiger partial charge >= 0.3 is 0 Å². The van der Waals surface area contributed by atoms with Crippen LogP contribution < -0.4 is 4.72 Å². The summed E-state index contributed by atoms with van der Waals surface area (Å²) in [4.78, 5) is -0.276. The van der Waals surface area contributed by atoms with E-state index in [9.17, 15) is 21.9 Å². The van der Waals surface area contributed by atoms with Crippen molar-refractivity contribution in [3.63, 3.8) is 0 Å². The summed E-state index contributed by atoms with van der Waals surface area (Å²) in [6.07, 6.45) is 1.01. The molecular formula is C18H17N3O6S2. The number of aryl methyl sites for hydroxylation is 1. The number of nitrogens with zero attached hydrogens (tertiary/aromatic N) is 2. The summed E-state index contributed by atoms with van der Waals surface area (Å²) in [5.41, 5.74) is 1.37. The molecule has 11 heteroatoms. The normalized spacial score (nSPS) is 12.5. The van der Waals surface area contributed by atoms with Crippen LogP contribution in [-0.4, -0.2) is 32.8 Å². The third-order valence-electron chi connectivity index (χ3n) is 4.01. The van der Waals surface area contributed by atoms with Crippen LogP contribution in [0.4, 0.5) is 17.1 Å². The molecule has 0 amide bonds. The minimum atomic E-state index is -4.31. The number of hydrogen-bond acceptors (Lipinski definition) is 7. The molecule has 0 atom stereocenters. The molecule has 152 valence electrons. The van der Waals surface area contributed by atoms with Gasteiger partial charge in [-0.25, -0.2) is 8.42 Å². The highest BCUT2D eigenvalue weighted by atomic mass is 32.2. The summed E-state index contributed by atoms with van der Waals surface area (Å²) < 4.78 is 57.1. The predicted octanol–water partition coefficient (Wildman–Crippen LogP) is 3.89. The van der Waals surface area contributed by atoms with Gasteiger partial charge in [-0.15, -0.1) is 5.11 Å². The highest BCUT2D eigenvalue weighted by Crippen LogP contribution is 2.40. The van der Waals surface area contributed by atoms with Crippen LogP contribution in [0.5, 0.6) is 5.75 Å². The maximum absolute atomic E-state index is 11.7. The largest absolute Gasteiger partial charge is 0.507 e. The Hall–Kier alpha value is -3.02. The first-order valence-electron chi connectivity index (χ1n) is 8.18. The van der Waals surface area contributed by atoms with Gasteiger partial charge in [-0.1, -0.05) is 12.1 Å². The highest BCUT2D eigenvalue weighted by Gasteiger charge is 2.15. The molecule has 0 fully saturated rings. The monoisotopic (exact) mass is 435 g/mol. The van der Waals surface area contributed by atoms with E-state index < -0.39 is 20.1 Å². The third kappa shape index (κ3) is 4.70. The molecule has 0 saturated carbocycles. The van der Waals surface area contributed by atoms with Crippen molar-refractivity contribution < 1.29 is 26.5 Å². The minimum Gasteiger partial charge on any atom is -0.507 e. The molecular weight excluding hydrogens is 418 g/mol. The van der Waals surface area contributed by atoms with Crippen molar-refractivity contribution in [3.8, 4) is 5.75 Å². The Labute approximate surface area is 167 Å². The maximum atomic E-state index is 11.7. The molecule has 3 aromatic rings. The molecule has 0 aliphatic carbocycles. The number of aromatic hydroxyl groups is 1. The number of sulfonamides is 1. The van der Waals surface area contributed by atoms with Crippen LogP contribution >= 0.6 is 0 Å². The molecule has 3 aromatic carbocycles. The summed E-state index contributed by atoms with van der Waals surface area (Å²) in [5, 5.41) is 19.3. The number of azo groups is 1. The number of hydrogen-bond donors (Lipinski definition) is 3. The van der Waals surface area contributed by atoms with Crippen LogP contribution in [0.15, 0.2) is 63.7 Å². The van der Waals surface area contributed by atoms with Gasteiger partial charge in [-0.2, -0.15) is 13.5 Å². The number of phenolic OH excluding ortho intramolecular Hbond substituents is 1. The fourth-order valence-corrected chi connectivity index (χ4v) is 3.79. The van der Waals surface area contributed by atoms with E-state index in [0.717, 1.165) is 6.26 Å². The van der Waals surface area contributed by atoms with E-state index in [1.165, 1.54) is 30.3 Å². The van der Waals surface area contributed by atoms with E-state index in [0.29, 0.717) is 27.7 Å². The number of fused-ring (bicyclic) bond motifs is 1. The second-order valence-electron chi connectivity index (χ2n) is 6.33.